The number of aliphatic imine (C=N–C) groups is 1. The van der Waals surface area contributed by atoms with Crippen LogP contribution in [0.15, 0.2) is 29.3 Å². The smallest absolute Gasteiger partial charge is 0.444 e. The molecule has 0 N–H and O–H groups in total. The van der Waals surface area contributed by atoms with Crippen molar-refractivity contribution in [2.45, 2.75) is 6.18 Å². The maximum absolute atomic E-state index is 12.1. The highest BCUT2D eigenvalue weighted by molar-refractivity contribution is 6.67. The summed E-state index contributed by atoms with van der Waals surface area (Å²) in [5.74, 6) is 0.236. The lowest BCUT2D eigenvalue weighted by atomic mass is 10.3. The zero-order valence-electron chi connectivity index (χ0n) is 7.68. The van der Waals surface area contributed by atoms with E-state index in [2.05, 4.69) is 4.99 Å². The lowest BCUT2D eigenvalue weighted by molar-refractivity contribution is -0.0558. The zero-order chi connectivity index (χ0) is 11.5. The van der Waals surface area contributed by atoms with E-state index in [1.165, 1.54) is 19.2 Å². The van der Waals surface area contributed by atoms with E-state index >= 15 is 0 Å². The van der Waals surface area contributed by atoms with Crippen LogP contribution in [0.5, 0.6) is 5.75 Å². The second-order valence-electron chi connectivity index (χ2n) is 2.57. The maximum atomic E-state index is 12.1. The van der Waals surface area contributed by atoms with Crippen LogP contribution in [0, 0.1) is 0 Å². The van der Waals surface area contributed by atoms with Crippen molar-refractivity contribution >= 4 is 22.5 Å². The minimum absolute atomic E-state index is 0.0438. The lowest BCUT2D eigenvalue weighted by Gasteiger charge is -2.06. The summed E-state index contributed by atoms with van der Waals surface area (Å²) in [6.07, 6.45) is -4.64. The third-order valence-electron chi connectivity index (χ3n) is 1.54. The molecular weight excluding hydrogens is 231 g/mol. The van der Waals surface area contributed by atoms with Crippen LogP contribution in [0.25, 0.3) is 0 Å². The van der Waals surface area contributed by atoms with Crippen molar-refractivity contribution in [3.8, 4) is 5.75 Å². The van der Waals surface area contributed by atoms with Gasteiger partial charge in [-0.05, 0) is 12.1 Å². The summed E-state index contributed by atoms with van der Waals surface area (Å²) >= 11 is 4.99. The summed E-state index contributed by atoms with van der Waals surface area (Å²) in [4.78, 5) is 3.23. The monoisotopic (exact) mass is 237 g/mol. The molecule has 0 aliphatic carbocycles. The molecule has 0 saturated heterocycles. The molecule has 0 saturated carbocycles. The first-order chi connectivity index (χ1) is 6.95. The predicted octanol–water partition coefficient (Wildman–Crippen LogP) is 3.53. The number of alkyl halides is 3. The van der Waals surface area contributed by atoms with Crippen LogP contribution in [0.4, 0.5) is 18.9 Å². The molecular formula is C9H7ClF3NO. The number of hydrogen-bond acceptors (Lipinski definition) is 2. The molecule has 0 fully saturated rings. The number of para-hydroxylation sites is 2. The molecule has 0 radical (unpaired) electrons. The van der Waals surface area contributed by atoms with E-state index in [0.29, 0.717) is 0 Å². The number of nitrogens with zero attached hydrogens (tertiary/aromatic N) is 1. The minimum Gasteiger partial charge on any atom is -0.494 e. The van der Waals surface area contributed by atoms with E-state index in [-0.39, 0.29) is 11.4 Å². The van der Waals surface area contributed by atoms with Crippen molar-refractivity contribution in [1.29, 1.82) is 0 Å². The van der Waals surface area contributed by atoms with E-state index in [9.17, 15) is 13.2 Å². The highest BCUT2D eigenvalue weighted by Gasteiger charge is 2.34. The number of ether oxygens (including phenoxy) is 1. The number of benzene rings is 1. The molecule has 0 amide bonds. The van der Waals surface area contributed by atoms with Gasteiger partial charge in [0.15, 0.2) is 0 Å². The van der Waals surface area contributed by atoms with Gasteiger partial charge in [0.1, 0.15) is 11.4 Å². The van der Waals surface area contributed by atoms with Gasteiger partial charge in [-0.2, -0.15) is 13.2 Å². The van der Waals surface area contributed by atoms with Gasteiger partial charge >= 0.3 is 6.18 Å². The Balaban J connectivity index is 3.08. The number of rotatable bonds is 2. The van der Waals surface area contributed by atoms with Gasteiger partial charge in [-0.1, -0.05) is 23.7 Å². The van der Waals surface area contributed by atoms with Crippen LogP contribution < -0.4 is 4.74 Å². The number of hydrogen-bond donors (Lipinski definition) is 0. The molecule has 15 heavy (non-hydrogen) atoms. The summed E-state index contributed by atoms with van der Waals surface area (Å²) in [7, 11) is 1.34. The minimum atomic E-state index is -4.64. The van der Waals surface area contributed by atoms with E-state index < -0.39 is 11.3 Å². The summed E-state index contributed by atoms with van der Waals surface area (Å²) in [6.45, 7) is 0. The SMILES string of the molecule is COc1ccccc1/N=C(/Cl)C(F)(F)F. The van der Waals surface area contributed by atoms with Crippen LogP contribution in [-0.4, -0.2) is 18.5 Å². The fraction of sp³-hybridized carbons (Fsp3) is 0.222. The predicted molar refractivity (Wildman–Crippen MR) is 52.0 cm³/mol. The number of methoxy groups -OCH3 is 1. The molecule has 1 rings (SSSR count). The lowest BCUT2D eigenvalue weighted by Crippen LogP contribution is -2.16. The molecule has 0 aliphatic heterocycles. The second kappa shape index (κ2) is 4.53. The molecule has 0 aliphatic rings. The molecule has 0 aromatic heterocycles. The standard InChI is InChI=1S/C9H7ClF3NO/c1-15-7-5-3-2-4-6(7)14-8(10)9(11,12)13/h2-5H,1H3/b14-8+. The summed E-state index contributed by atoms with van der Waals surface area (Å²) in [6, 6.07) is 6.05. The van der Waals surface area contributed by atoms with Crippen LogP contribution >= 0.6 is 11.6 Å². The molecule has 0 unspecified atom stereocenters. The molecule has 0 heterocycles. The Kier molecular flexibility index (Phi) is 3.57. The average Bonchev–Trinajstić information content (AvgIpc) is 2.17. The Morgan fingerprint density at radius 2 is 1.93 bits per heavy atom. The van der Waals surface area contributed by atoms with Crippen LogP contribution in [-0.2, 0) is 0 Å². The van der Waals surface area contributed by atoms with Crippen molar-refractivity contribution in [1.82, 2.24) is 0 Å². The van der Waals surface area contributed by atoms with E-state index in [1.54, 1.807) is 12.1 Å². The van der Waals surface area contributed by atoms with Gasteiger partial charge in [-0.3, -0.25) is 0 Å². The molecule has 0 bridgehead atoms. The molecule has 1 aromatic rings. The van der Waals surface area contributed by atoms with E-state index in [1.807, 2.05) is 0 Å². The van der Waals surface area contributed by atoms with Gasteiger partial charge in [0.2, 0.25) is 5.17 Å². The van der Waals surface area contributed by atoms with E-state index in [0.717, 1.165) is 0 Å². The molecule has 6 heteroatoms. The summed E-state index contributed by atoms with van der Waals surface area (Å²) in [5.41, 5.74) is 0.0438. The molecule has 0 atom stereocenters. The van der Waals surface area contributed by atoms with Gasteiger partial charge in [0.05, 0.1) is 7.11 Å². The third-order valence-corrected chi connectivity index (χ3v) is 1.84. The third kappa shape index (κ3) is 3.13. The van der Waals surface area contributed by atoms with Crippen LogP contribution in [0.2, 0.25) is 0 Å². The van der Waals surface area contributed by atoms with Gasteiger partial charge in [0.25, 0.3) is 0 Å². The van der Waals surface area contributed by atoms with Crippen LogP contribution in [0.1, 0.15) is 0 Å². The normalized spacial score (nSPS) is 12.7. The van der Waals surface area contributed by atoms with Crippen LogP contribution in [0.3, 0.4) is 0 Å². The molecule has 1 aromatic carbocycles. The van der Waals surface area contributed by atoms with Crippen molar-refractivity contribution in [2.24, 2.45) is 4.99 Å². The highest BCUT2D eigenvalue weighted by atomic mass is 35.5. The van der Waals surface area contributed by atoms with Gasteiger partial charge in [-0.15, -0.1) is 0 Å². The van der Waals surface area contributed by atoms with Crippen molar-refractivity contribution in [3.05, 3.63) is 24.3 Å². The number of halogens is 4. The Labute approximate surface area is 89.3 Å². The fourth-order valence-electron chi connectivity index (χ4n) is 0.891. The van der Waals surface area contributed by atoms with Gasteiger partial charge in [-0.25, -0.2) is 4.99 Å². The van der Waals surface area contributed by atoms with Crippen molar-refractivity contribution < 1.29 is 17.9 Å². The largest absolute Gasteiger partial charge is 0.494 e. The Hall–Kier alpha value is -1.23. The Morgan fingerprint density at radius 3 is 2.47 bits per heavy atom. The Morgan fingerprint density at radius 1 is 1.33 bits per heavy atom. The maximum Gasteiger partial charge on any atom is 0.444 e. The molecule has 2 nitrogen and oxygen atoms in total. The topological polar surface area (TPSA) is 21.6 Å². The Bertz CT molecular complexity index is 376. The highest BCUT2D eigenvalue weighted by Crippen LogP contribution is 2.30. The fourth-order valence-corrected chi connectivity index (χ4v) is 0.982. The first kappa shape index (κ1) is 11.8. The zero-order valence-corrected chi connectivity index (χ0v) is 8.43. The second-order valence-corrected chi connectivity index (χ2v) is 2.93. The molecule has 82 valence electrons. The van der Waals surface area contributed by atoms with Crippen molar-refractivity contribution in [3.63, 3.8) is 0 Å². The van der Waals surface area contributed by atoms with E-state index in [4.69, 9.17) is 16.3 Å². The quantitative estimate of drug-likeness (QED) is 0.721. The molecule has 0 spiro atoms. The summed E-state index contributed by atoms with van der Waals surface area (Å²) < 4.78 is 41.0. The summed E-state index contributed by atoms with van der Waals surface area (Å²) in [5, 5.41) is -1.42. The first-order valence-electron chi connectivity index (χ1n) is 3.89. The first-order valence-corrected chi connectivity index (χ1v) is 4.27. The average molecular weight is 238 g/mol. The van der Waals surface area contributed by atoms with Gasteiger partial charge in [0, 0.05) is 0 Å². The van der Waals surface area contributed by atoms with Gasteiger partial charge < -0.3 is 4.74 Å². The van der Waals surface area contributed by atoms with Crippen molar-refractivity contribution in [2.75, 3.05) is 7.11 Å².